The van der Waals surface area contributed by atoms with Crippen molar-refractivity contribution < 1.29 is 28.6 Å². The SMILES string of the molecule is COc1nc(-c2ccnc(-c3cccc(Nc4cccc(CNCC(C)(C)O)c4F)c3Cl)c2Cl)ccc1CN(C[C@@H]1CCC(=O)N1)C(=O)OC(C)(C)C. The number of amides is 2. The van der Waals surface area contributed by atoms with E-state index in [0.29, 0.717) is 58.7 Å². The Labute approximate surface area is 319 Å². The first-order valence-corrected chi connectivity index (χ1v) is 18.0. The highest BCUT2D eigenvalue weighted by atomic mass is 35.5. The zero-order valence-corrected chi connectivity index (χ0v) is 32.2. The van der Waals surface area contributed by atoms with Gasteiger partial charge in [-0.15, -0.1) is 0 Å². The van der Waals surface area contributed by atoms with E-state index in [1.54, 1.807) is 89.3 Å². The third-order valence-corrected chi connectivity index (χ3v) is 9.10. The van der Waals surface area contributed by atoms with Crippen LogP contribution in [0.3, 0.4) is 0 Å². The molecule has 282 valence electrons. The van der Waals surface area contributed by atoms with Crippen LogP contribution in [0.1, 0.15) is 58.6 Å². The number of aromatic nitrogens is 2. The van der Waals surface area contributed by atoms with Gasteiger partial charge in [-0.2, -0.15) is 0 Å². The van der Waals surface area contributed by atoms with E-state index >= 15 is 4.39 Å². The topological polar surface area (TPSA) is 138 Å². The van der Waals surface area contributed by atoms with Gasteiger partial charge in [-0.1, -0.05) is 47.5 Å². The van der Waals surface area contributed by atoms with Crippen molar-refractivity contribution in [2.75, 3.05) is 25.5 Å². The second-order valence-electron chi connectivity index (χ2n) is 14.5. The van der Waals surface area contributed by atoms with Crippen LogP contribution in [0.2, 0.25) is 10.0 Å². The molecule has 1 aliphatic rings. The normalized spacial score (nSPS) is 14.5. The molecule has 3 heterocycles. The molecular weight excluding hydrogens is 722 g/mol. The minimum Gasteiger partial charge on any atom is -0.481 e. The van der Waals surface area contributed by atoms with Gasteiger partial charge in [-0.05, 0) is 71.4 Å². The quantitative estimate of drug-likeness (QED) is 0.107. The van der Waals surface area contributed by atoms with Crippen LogP contribution in [-0.4, -0.2) is 69.4 Å². The molecule has 1 fully saturated rings. The van der Waals surface area contributed by atoms with E-state index in [9.17, 15) is 14.7 Å². The van der Waals surface area contributed by atoms with Crippen LogP contribution in [0.5, 0.6) is 5.88 Å². The number of methoxy groups -OCH3 is 1. The van der Waals surface area contributed by atoms with Gasteiger partial charge in [0.25, 0.3) is 0 Å². The number of nitrogens with zero attached hydrogens (tertiary/aromatic N) is 3. The molecule has 14 heteroatoms. The van der Waals surface area contributed by atoms with Gasteiger partial charge >= 0.3 is 6.09 Å². The Morgan fingerprint density at radius 2 is 1.75 bits per heavy atom. The predicted octanol–water partition coefficient (Wildman–Crippen LogP) is 7.88. The van der Waals surface area contributed by atoms with Crippen molar-refractivity contribution in [3.63, 3.8) is 0 Å². The van der Waals surface area contributed by atoms with Gasteiger partial charge in [0.15, 0.2) is 5.82 Å². The van der Waals surface area contributed by atoms with Crippen molar-refractivity contribution in [2.24, 2.45) is 0 Å². The van der Waals surface area contributed by atoms with Crippen LogP contribution in [-0.2, 0) is 22.6 Å². The molecule has 1 atom stereocenters. The van der Waals surface area contributed by atoms with Crippen molar-refractivity contribution in [1.29, 1.82) is 0 Å². The van der Waals surface area contributed by atoms with E-state index in [4.69, 9.17) is 37.7 Å². The number of ether oxygens (including phenoxy) is 2. The molecule has 0 aliphatic carbocycles. The van der Waals surface area contributed by atoms with Gasteiger partial charge in [-0.25, -0.2) is 14.2 Å². The first kappa shape index (κ1) is 39.7. The van der Waals surface area contributed by atoms with E-state index in [-0.39, 0.29) is 53.2 Å². The zero-order valence-electron chi connectivity index (χ0n) is 30.6. The number of hydrogen-bond donors (Lipinski definition) is 4. The standard InChI is InChI=1S/C39H45Cl2FN6O5/c1-38(2,3)53-37(50)48(21-25-14-16-31(49)45-25)20-24-13-15-28(47-36(24)52-6)26-17-18-44-35(33(26)41)27-10-8-11-29(32(27)40)46-30-12-7-9-23(34(30)42)19-43-22-39(4,5)51/h7-13,15,17-18,25,43,46,51H,14,16,19-22H2,1-6H3,(H,45,49)/t25-/m0/s1. The second-order valence-corrected chi connectivity index (χ2v) is 15.3. The summed E-state index contributed by atoms with van der Waals surface area (Å²) in [5.41, 5.74) is 2.05. The van der Waals surface area contributed by atoms with Gasteiger partial charge in [0.1, 0.15) is 5.60 Å². The Morgan fingerprint density at radius 1 is 1.02 bits per heavy atom. The minimum absolute atomic E-state index is 0.0485. The number of hydrogen-bond acceptors (Lipinski definition) is 9. The fourth-order valence-corrected chi connectivity index (χ4v) is 6.41. The average Bonchev–Trinajstić information content (AvgIpc) is 3.50. The highest BCUT2D eigenvalue weighted by Crippen LogP contribution is 2.41. The first-order valence-electron chi connectivity index (χ1n) is 17.3. The molecule has 0 unspecified atom stereocenters. The fraction of sp³-hybridized carbons (Fsp3) is 0.385. The third kappa shape index (κ3) is 10.3. The molecule has 2 aromatic heterocycles. The Kier molecular flexibility index (Phi) is 12.5. The van der Waals surface area contributed by atoms with Crippen molar-refractivity contribution in [3.8, 4) is 28.4 Å². The lowest BCUT2D eigenvalue weighted by atomic mass is 10.0. The molecule has 2 amide bonds. The summed E-state index contributed by atoms with van der Waals surface area (Å²) in [6, 6.07) is 15.4. The maximum Gasteiger partial charge on any atom is 0.410 e. The summed E-state index contributed by atoms with van der Waals surface area (Å²) in [5, 5.41) is 19.6. The number of aliphatic hydroxyl groups is 1. The Balaban J connectivity index is 1.40. The number of halogens is 3. The third-order valence-electron chi connectivity index (χ3n) is 8.31. The molecule has 1 saturated heterocycles. The predicted molar refractivity (Wildman–Crippen MR) is 205 cm³/mol. The first-order chi connectivity index (χ1) is 25.0. The number of nitrogens with one attached hydrogen (secondary N) is 3. The van der Waals surface area contributed by atoms with E-state index in [1.807, 2.05) is 6.07 Å². The fourth-order valence-electron chi connectivity index (χ4n) is 5.83. The molecule has 4 N–H and O–H groups in total. The lowest BCUT2D eigenvalue weighted by Crippen LogP contribution is -2.43. The van der Waals surface area contributed by atoms with Gasteiger partial charge < -0.3 is 35.4 Å². The molecule has 0 spiro atoms. The highest BCUT2D eigenvalue weighted by Gasteiger charge is 2.29. The molecule has 11 nitrogen and oxygen atoms in total. The smallest absolute Gasteiger partial charge is 0.410 e. The molecule has 53 heavy (non-hydrogen) atoms. The number of anilines is 2. The molecule has 5 rings (SSSR count). The molecule has 4 aromatic rings. The summed E-state index contributed by atoms with van der Waals surface area (Å²) < 4.78 is 26.9. The van der Waals surface area contributed by atoms with Crippen LogP contribution in [0, 0.1) is 5.82 Å². The molecule has 0 saturated carbocycles. The minimum atomic E-state index is -0.930. The van der Waals surface area contributed by atoms with E-state index in [1.165, 1.54) is 12.0 Å². The largest absolute Gasteiger partial charge is 0.481 e. The highest BCUT2D eigenvalue weighted by molar-refractivity contribution is 6.39. The average molecular weight is 768 g/mol. The van der Waals surface area contributed by atoms with Gasteiger partial charge in [-0.3, -0.25) is 9.78 Å². The van der Waals surface area contributed by atoms with Gasteiger partial charge in [0.2, 0.25) is 11.8 Å². The summed E-state index contributed by atoms with van der Waals surface area (Å²) >= 11 is 13.9. The number of rotatable bonds is 13. The van der Waals surface area contributed by atoms with Crippen molar-refractivity contribution in [2.45, 2.75) is 77.8 Å². The van der Waals surface area contributed by atoms with Crippen LogP contribution in [0.4, 0.5) is 20.6 Å². The zero-order chi connectivity index (χ0) is 38.5. The summed E-state index contributed by atoms with van der Waals surface area (Å²) in [6.45, 7) is 9.66. The van der Waals surface area contributed by atoms with Gasteiger partial charge in [0.05, 0.1) is 52.1 Å². The molecule has 2 aromatic carbocycles. The van der Waals surface area contributed by atoms with Crippen molar-refractivity contribution in [3.05, 3.63) is 87.8 Å². The summed E-state index contributed by atoms with van der Waals surface area (Å²) in [4.78, 5) is 35.9. The van der Waals surface area contributed by atoms with Crippen molar-refractivity contribution in [1.82, 2.24) is 25.5 Å². The maximum atomic E-state index is 15.5. The second kappa shape index (κ2) is 16.7. The Morgan fingerprint density at radius 3 is 2.43 bits per heavy atom. The summed E-state index contributed by atoms with van der Waals surface area (Å²) in [5.74, 6) is -0.212. The van der Waals surface area contributed by atoms with Crippen molar-refractivity contribution >= 4 is 46.6 Å². The van der Waals surface area contributed by atoms with Crippen LogP contribution >= 0.6 is 23.2 Å². The molecule has 1 aliphatic heterocycles. The monoisotopic (exact) mass is 766 g/mol. The Hall–Kier alpha value is -4.49. The molecule has 0 radical (unpaired) electrons. The van der Waals surface area contributed by atoms with Gasteiger partial charge in [0, 0.05) is 60.5 Å². The molecule has 0 bridgehead atoms. The van der Waals surface area contributed by atoms with E-state index in [0.717, 1.165) is 0 Å². The lowest BCUT2D eigenvalue weighted by molar-refractivity contribution is -0.119. The van der Waals surface area contributed by atoms with E-state index < -0.39 is 23.1 Å². The van der Waals surface area contributed by atoms with Crippen LogP contribution < -0.4 is 20.7 Å². The molecular formula is C39H45Cl2FN6O5. The number of pyridine rings is 2. The van der Waals surface area contributed by atoms with Crippen LogP contribution in [0.25, 0.3) is 22.5 Å². The number of benzene rings is 2. The lowest BCUT2D eigenvalue weighted by Gasteiger charge is -2.29. The number of carbonyl (C=O) groups excluding carboxylic acids is 2. The van der Waals surface area contributed by atoms with E-state index in [2.05, 4.69) is 20.9 Å². The van der Waals surface area contributed by atoms with Crippen LogP contribution in [0.15, 0.2) is 60.8 Å². The maximum absolute atomic E-state index is 15.5. The Bertz CT molecular complexity index is 1970. The summed E-state index contributed by atoms with van der Waals surface area (Å²) in [6.07, 6.45) is 2.10. The summed E-state index contributed by atoms with van der Waals surface area (Å²) in [7, 11) is 1.49. The number of carbonyl (C=O) groups is 2.